The molecule has 0 aliphatic carbocycles. The number of rotatable bonds is 5. The maximum Gasteiger partial charge on any atom is 0.352 e. The first-order valence-electron chi connectivity index (χ1n) is 8.09. The van der Waals surface area contributed by atoms with E-state index in [2.05, 4.69) is 15.3 Å². The predicted octanol–water partition coefficient (Wildman–Crippen LogP) is 3.15. The molecule has 0 bridgehead atoms. The van der Waals surface area contributed by atoms with E-state index in [0.29, 0.717) is 10.5 Å². The SMILES string of the molecule is C[C@@H](CC(=N)C(=O)OC(C)(C)C)NC(=O)c1ncc2cc(Cl)ccc2n1. The largest absolute Gasteiger partial charge is 0.456 e. The van der Waals surface area contributed by atoms with Crippen LogP contribution in [0, 0.1) is 5.41 Å². The van der Waals surface area contributed by atoms with Gasteiger partial charge >= 0.3 is 5.97 Å². The number of amides is 1. The molecule has 0 radical (unpaired) electrons. The molecule has 1 aromatic heterocycles. The lowest BCUT2D eigenvalue weighted by atomic mass is 10.1. The number of nitrogens with one attached hydrogen (secondary N) is 2. The van der Waals surface area contributed by atoms with Gasteiger partial charge in [0.05, 0.1) is 5.52 Å². The van der Waals surface area contributed by atoms with Crippen LogP contribution in [0.25, 0.3) is 10.9 Å². The Kier molecular flexibility index (Phi) is 5.92. The molecule has 0 fully saturated rings. The van der Waals surface area contributed by atoms with Gasteiger partial charge in [0.2, 0.25) is 5.82 Å². The van der Waals surface area contributed by atoms with E-state index >= 15 is 0 Å². The molecule has 1 heterocycles. The van der Waals surface area contributed by atoms with Gasteiger partial charge in [0.1, 0.15) is 11.3 Å². The lowest BCUT2D eigenvalue weighted by Crippen LogP contribution is -2.37. The minimum atomic E-state index is -0.697. The van der Waals surface area contributed by atoms with Gasteiger partial charge in [-0.25, -0.2) is 14.8 Å². The van der Waals surface area contributed by atoms with Crippen molar-refractivity contribution in [3.8, 4) is 0 Å². The number of nitrogens with zero attached hydrogens (tertiary/aromatic N) is 2. The molecule has 2 N–H and O–H groups in total. The van der Waals surface area contributed by atoms with Crippen LogP contribution >= 0.6 is 11.6 Å². The summed E-state index contributed by atoms with van der Waals surface area (Å²) >= 11 is 5.91. The molecule has 7 nitrogen and oxygen atoms in total. The van der Waals surface area contributed by atoms with Crippen LogP contribution in [0.15, 0.2) is 24.4 Å². The second-order valence-corrected chi connectivity index (χ2v) is 7.39. The Balaban J connectivity index is 1.99. The molecular formula is C18H21ClN4O3. The lowest BCUT2D eigenvalue weighted by Gasteiger charge is -2.20. The van der Waals surface area contributed by atoms with Crippen LogP contribution in [0.2, 0.25) is 5.02 Å². The minimum Gasteiger partial charge on any atom is -0.456 e. The fourth-order valence-electron chi connectivity index (χ4n) is 2.18. The molecule has 0 aliphatic heterocycles. The number of carbonyl (C=O) groups is 2. The molecule has 2 rings (SSSR count). The first-order valence-corrected chi connectivity index (χ1v) is 8.47. The number of carbonyl (C=O) groups excluding carboxylic acids is 2. The Labute approximate surface area is 156 Å². The normalized spacial score (nSPS) is 12.5. The van der Waals surface area contributed by atoms with Gasteiger partial charge < -0.3 is 10.1 Å². The Hall–Kier alpha value is -2.54. The zero-order valence-corrected chi connectivity index (χ0v) is 15.8. The van der Waals surface area contributed by atoms with E-state index in [0.717, 1.165) is 5.39 Å². The topological polar surface area (TPSA) is 105 Å². The van der Waals surface area contributed by atoms with Crippen molar-refractivity contribution in [3.63, 3.8) is 0 Å². The summed E-state index contributed by atoms with van der Waals surface area (Å²) in [6, 6.07) is 4.65. The average Bonchev–Trinajstić information content (AvgIpc) is 2.52. The maximum atomic E-state index is 12.3. The van der Waals surface area contributed by atoms with Gasteiger partial charge in [-0.05, 0) is 45.9 Å². The zero-order chi connectivity index (χ0) is 19.5. The Morgan fingerprint density at radius 3 is 2.69 bits per heavy atom. The second kappa shape index (κ2) is 7.78. The number of hydrogen-bond acceptors (Lipinski definition) is 6. The molecule has 0 unspecified atom stereocenters. The summed E-state index contributed by atoms with van der Waals surface area (Å²) in [5.41, 5.74) is -0.275. The van der Waals surface area contributed by atoms with E-state index in [1.165, 1.54) is 6.20 Å². The van der Waals surface area contributed by atoms with Gasteiger partial charge in [-0.1, -0.05) is 11.6 Å². The summed E-state index contributed by atoms with van der Waals surface area (Å²) in [6.07, 6.45) is 1.57. The van der Waals surface area contributed by atoms with Crippen molar-refractivity contribution in [2.45, 2.75) is 45.8 Å². The molecular weight excluding hydrogens is 356 g/mol. The summed E-state index contributed by atoms with van der Waals surface area (Å²) in [7, 11) is 0. The number of halogens is 1. The first kappa shape index (κ1) is 19.8. The average molecular weight is 377 g/mol. The van der Waals surface area contributed by atoms with E-state index in [4.69, 9.17) is 21.7 Å². The van der Waals surface area contributed by atoms with E-state index in [1.54, 1.807) is 45.9 Å². The van der Waals surface area contributed by atoms with Crippen molar-refractivity contribution in [3.05, 3.63) is 35.2 Å². The molecule has 1 amide bonds. The highest BCUT2D eigenvalue weighted by Crippen LogP contribution is 2.17. The number of ether oxygens (including phenoxy) is 1. The Bertz CT molecular complexity index is 861. The molecule has 0 saturated heterocycles. The Morgan fingerprint density at radius 2 is 2.04 bits per heavy atom. The number of benzene rings is 1. The first-order chi connectivity index (χ1) is 12.0. The van der Waals surface area contributed by atoms with Crippen molar-refractivity contribution < 1.29 is 14.3 Å². The van der Waals surface area contributed by atoms with E-state index in [1.807, 2.05) is 0 Å². The highest BCUT2D eigenvalue weighted by Gasteiger charge is 2.22. The maximum absolute atomic E-state index is 12.3. The highest BCUT2D eigenvalue weighted by molar-refractivity contribution is 6.35. The minimum absolute atomic E-state index is 0.00970. The summed E-state index contributed by atoms with van der Waals surface area (Å²) in [6.45, 7) is 6.88. The molecule has 26 heavy (non-hydrogen) atoms. The van der Waals surface area contributed by atoms with Gasteiger partial charge in [0.15, 0.2) is 0 Å². The van der Waals surface area contributed by atoms with Crippen LogP contribution in [0.1, 0.15) is 44.7 Å². The third-order valence-electron chi connectivity index (χ3n) is 3.28. The number of esters is 1. The number of hydrogen-bond donors (Lipinski definition) is 2. The second-order valence-electron chi connectivity index (χ2n) is 6.96. The molecule has 2 aromatic rings. The monoisotopic (exact) mass is 376 g/mol. The number of fused-ring (bicyclic) bond motifs is 1. The third kappa shape index (κ3) is 5.49. The lowest BCUT2D eigenvalue weighted by molar-refractivity contribution is -0.146. The van der Waals surface area contributed by atoms with E-state index in [9.17, 15) is 9.59 Å². The van der Waals surface area contributed by atoms with Crippen molar-refractivity contribution >= 4 is 40.1 Å². The van der Waals surface area contributed by atoms with E-state index in [-0.39, 0.29) is 18.0 Å². The summed E-state index contributed by atoms with van der Waals surface area (Å²) in [5.74, 6) is -1.17. The molecule has 0 aliphatic rings. The fraction of sp³-hybridized carbons (Fsp3) is 0.389. The van der Waals surface area contributed by atoms with E-state index < -0.39 is 23.5 Å². The summed E-state index contributed by atoms with van der Waals surface area (Å²) < 4.78 is 5.14. The highest BCUT2D eigenvalue weighted by atomic mass is 35.5. The quantitative estimate of drug-likeness (QED) is 0.616. The van der Waals surface area contributed by atoms with Gasteiger partial charge in [-0.2, -0.15) is 0 Å². The van der Waals surface area contributed by atoms with Crippen molar-refractivity contribution in [1.29, 1.82) is 5.41 Å². The van der Waals surface area contributed by atoms with Crippen molar-refractivity contribution in [2.75, 3.05) is 0 Å². The van der Waals surface area contributed by atoms with Gasteiger partial charge in [-0.3, -0.25) is 10.2 Å². The van der Waals surface area contributed by atoms with Crippen molar-refractivity contribution in [2.24, 2.45) is 0 Å². The summed E-state index contributed by atoms with van der Waals surface area (Å²) in [5, 5.41) is 11.8. The standard InChI is InChI=1S/C18H21ClN4O3/c1-10(7-13(20)17(25)26-18(2,3)4)22-16(24)15-21-9-11-8-12(19)5-6-14(11)23-15/h5-6,8-10,20H,7H2,1-4H3,(H,22,24)/t10-/m0/s1. The molecule has 1 atom stereocenters. The molecule has 0 saturated carbocycles. The van der Waals surface area contributed by atoms with Gasteiger partial charge in [-0.15, -0.1) is 0 Å². The molecule has 0 spiro atoms. The smallest absolute Gasteiger partial charge is 0.352 e. The van der Waals surface area contributed by atoms with Crippen LogP contribution in [0.5, 0.6) is 0 Å². The van der Waals surface area contributed by atoms with Crippen LogP contribution in [0.3, 0.4) is 0 Å². The van der Waals surface area contributed by atoms with Crippen LogP contribution in [-0.2, 0) is 9.53 Å². The third-order valence-corrected chi connectivity index (χ3v) is 3.51. The van der Waals surface area contributed by atoms with Gasteiger partial charge in [0, 0.05) is 29.1 Å². The molecule has 1 aromatic carbocycles. The molecule has 138 valence electrons. The van der Waals surface area contributed by atoms with Gasteiger partial charge in [0.25, 0.3) is 5.91 Å². The zero-order valence-electron chi connectivity index (χ0n) is 15.1. The summed E-state index contributed by atoms with van der Waals surface area (Å²) in [4.78, 5) is 32.4. The van der Waals surface area contributed by atoms with Crippen LogP contribution in [-0.4, -0.2) is 39.2 Å². The Morgan fingerprint density at radius 1 is 1.35 bits per heavy atom. The van der Waals surface area contributed by atoms with Crippen molar-refractivity contribution in [1.82, 2.24) is 15.3 Å². The number of aromatic nitrogens is 2. The molecule has 8 heteroatoms. The fourth-order valence-corrected chi connectivity index (χ4v) is 2.36. The van der Waals surface area contributed by atoms with Crippen LogP contribution in [0.4, 0.5) is 0 Å². The predicted molar refractivity (Wildman–Crippen MR) is 99.7 cm³/mol. The van der Waals surface area contributed by atoms with Crippen LogP contribution < -0.4 is 5.32 Å².